The maximum atomic E-state index is 12.2. The summed E-state index contributed by atoms with van der Waals surface area (Å²) in [5, 5.41) is 5.53. The number of carbonyl (C=O) groups excluding carboxylic acids is 2. The molecule has 0 unspecified atom stereocenters. The molecule has 1 saturated heterocycles. The molecule has 0 spiro atoms. The smallest absolute Gasteiger partial charge is 0.252 e. The normalized spacial score (nSPS) is 14.5. The van der Waals surface area contributed by atoms with Crippen LogP contribution in [0.5, 0.6) is 0 Å². The van der Waals surface area contributed by atoms with E-state index in [1.807, 2.05) is 24.3 Å². The molecule has 28 heavy (non-hydrogen) atoms. The van der Waals surface area contributed by atoms with E-state index >= 15 is 0 Å². The standard InChI is InChI=1S/C21H24IN3O3/c22-19-7-2-1-6-18(19)21(27)24-14-20(26)23-13-16-4-3-5-17(12-16)15-25-8-10-28-11-9-25/h1-7,12H,8-11,13-15H2,(H,23,26)(H,24,27). The van der Waals surface area contributed by atoms with Gasteiger partial charge in [-0.05, 0) is 45.9 Å². The Bertz CT molecular complexity index is 822. The molecule has 2 amide bonds. The van der Waals surface area contributed by atoms with Crippen molar-refractivity contribution in [2.45, 2.75) is 13.1 Å². The molecule has 7 heteroatoms. The van der Waals surface area contributed by atoms with Crippen LogP contribution in [-0.2, 0) is 22.6 Å². The number of morpholine rings is 1. The topological polar surface area (TPSA) is 70.7 Å². The molecular formula is C21H24IN3O3. The van der Waals surface area contributed by atoms with Gasteiger partial charge in [0, 0.05) is 29.7 Å². The lowest BCUT2D eigenvalue weighted by molar-refractivity contribution is -0.120. The van der Waals surface area contributed by atoms with E-state index in [0.29, 0.717) is 12.1 Å². The molecule has 2 aromatic carbocycles. The minimum Gasteiger partial charge on any atom is -0.379 e. The second kappa shape index (κ2) is 10.5. The SMILES string of the molecule is O=C(CNC(=O)c1ccccc1I)NCc1cccc(CN2CCOCC2)c1. The zero-order valence-corrected chi connectivity index (χ0v) is 17.8. The first-order valence-electron chi connectivity index (χ1n) is 9.29. The van der Waals surface area contributed by atoms with E-state index in [1.165, 1.54) is 5.56 Å². The summed E-state index contributed by atoms with van der Waals surface area (Å²) >= 11 is 2.11. The van der Waals surface area contributed by atoms with Crippen LogP contribution in [0.25, 0.3) is 0 Å². The van der Waals surface area contributed by atoms with E-state index in [4.69, 9.17) is 4.74 Å². The fourth-order valence-corrected chi connectivity index (χ4v) is 3.65. The summed E-state index contributed by atoms with van der Waals surface area (Å²) in [6, 6.07) is 15.5. The van der Waals surface area contributed by atoms with Gasteiger partial charge >= 0.3 is 0 Å². The largest absolute Gasteiger partial charge is 0.379 e. The average Bonchev–Trinajstić information content (AvgIpc) is 2.72. The monoisotopic (exact) mass is 493 g/mol. The predicted molar refractivity (Wildman–Crippen MR) is 116 cm³/mol. The van der Waals surface area contributed by atoms with Crippen LogP contribution in [0.1, 0.15) is 21.5 Å². The van der Waals surface area contributed by atoms with Gasteiger partial charge < -0.3 is 15.4 Å². The minimum absolute atomic E-state index is 0.0444. The summed E-state index contributed by atoms with van der Waals surface area (Å²) in [7, 11) is 0. The van der Waals surface area contributed by atoms with E-state index in [2.05, 4.69) is 50.3 Å². The van der Waals surface area contributed by atoms with Gasteiger partial charge in [-0.1, -0.05) is 36.4 Å². The number of amides is 2. The number of ether oxygens (including phenoxy) is 1. The van der Waals surface area contributed by atoms with Crippen LogP contribution in [-0.4, -0.2) is 49.6 Å². The van der Waals surface area contributed by atoms with Crippen molar-refractivity contribution in [3.05, 3.63) is 68.8 Å². The lowest BCUT2D eigenvalue weighted by Crippen LogP contribution is -2.37. The number of hydrogen-bond acceptors (Lipinski definition) is 4. The fourth-order valence-electron chi connectivity index (χ4n) is 3.02. The van der Waals surface area contributed by atoms with Crippen molar-refractivity contribution in [2.75, 3.05) is 32.8 Å². The van der Waals surface area contributed by atoms with Crippen LogP contribution in [0, 0.1) is 3.57 Å². The Labute approximate surface area is 178 Å². The number of nitrogens with one attached hydrogen (secondary N) is 2. The first-order chi connectivity index (χ1) is 13.6. The maximum absolute atomic E-state index is 12.2. The van der Waals surface area contributed by atoms with Crippen LogP contribution in [0.15, 0.2) is 48.5 Å². The van der Waals surface area contributed by atoms with E-state index in [-0.39, 0.29) is 18.4 Å². The fraction of sp³-hybridized carbons (Fsp3) is 0.333. The summed E-state index contributed by atoms with van der Waals surface area (Å²) in [6.45, 7) is 4.73. The first-order valence-corrected chi connectivity index (χ1v) is 10.4. The average molecular weight is 493 g/mol. The van der Waals surface area contributed by atoms with Gasteiger partial charge in [0.2, 0.25) is 5.91 Å². The summed E-state index contributed by atoms with van der Waals surface area (Å²) in [5.74, 6) is -0.453. The van der Waals surface area contributed by atoms with Gasteiger partial charge in [-0.2, -0.15) is 0 Å². The number of halogens is 1. The summed E-state index contributed by atoms with van der Waals surface area (Å²) < 4.78 is 6.24. The van der Waals surface area contributed by atoms with Crippen LogP contribution in [0.3, 0.4) is 0 Å². The molecule has 0 radical (unpaired) electrons. The van der Waals surface area contributed by atoms with Crippen molar-refractivity contribution in [1.29, 1.82) is 0 Å². The Morgan fingerprint density at radius 3 is 2.54 bits per heavy atom. The number of rotatable bonds is 7. The molecule has 3 rings (SSSR count). The lowest BCUT2D eigenvalue weighted by atomic mass is 10.1. The Balaban J connectivity index is 1.44. The Hall–Kier alpha value is -1.97. The van der Waals surface area contributed by atoms with E-state index in [9.17, 15) is 9.59 Å². The van der Waals surface area contributed by atoms with Crippen LogP contribution < -0.4 is 10.6 Å². The molecule has 1 heterocycles. The molecule has 0 aliphatic carbocycles. The van der Waals surface area contributed by atoms with Crippen molar-refractivity contribution < 1.29 is 14.3 Å². The number of nitrogens with zero attached hydrogens (tertiary/aromatic N) is 1. The Morgan fingerprint density at radius 2 is 1.75 bits per heavy atom. The summed E-state index contributed by atoms with van der Waals surface area (Å²) in [4.78, 5) is 26.6. The quantitative estimate of drug-likeness (QED) is 0.581. The van der Waals surface area contributed by atoms with Crippen molar-refractivity contribution in [1.82, 2.24) is 15.5 Å². The van der Waals surface area contributed by atoms with Crippen LogP contribution in [0.2, 0.25) is 0 Å². The second-order valence-electron chi connectivity index (χ2n) is 6.65. The third-order valence-corrected chi connectivity index (χ3v) is 5.46. The van der Waals surface area contributed by atoms with Crippen molar-refractivity contribution in [3.8, 4) is 0 Å². The highest BCUT2D eigenvalue weighted by atomic mass is 127. The van der Waals surface area contributed by atoms with Crippen molar-refractivity contribution >= 4 is 34.4 Å². The molecular weight excluding hydrogens is 469 g/mol. The highest BCUT2D eigenvalue weighted by molar-refractivity contribution is 14.1. The molecule has 0 bridgehead atoms. The van der Waals surface area contributed by atoms with Crippen LogP contribution in [0.4, 0.5) is 0 Å². The van der Waals surface area contributed by atoms with Crippen molar-refractivity contribution in [2.24, 2.45) is 0 Å². The maximum Gasteiger partial charge on any atom is 0.252 e. The number of hydrogen-bond donors (Lipinski definition) is 2. The molecule has 6 nitrogen and oxygen atoms in total. The Kier molecular flexibility index (Phi) is 7.81. The highest BCUT2D eigenvalue weighted by Gasteiger charge is 2.12. The molecule has 0 saturated carbocycles. The second-order valence-corrected chi connectivity index (χ2v) is 7.81. The van der Waals surface area contributed by atoms with Crippen LogP contribution >= 0.6 is 22.6 Å². The number of carbonyl (C=O) groups is 2. The molecule has 0 aromatic heterocycles. The van der Waals surface area contributed by atoms with Gasteiger partial charge in [-0.3, -0.25) is 14.5 Å². The molecule has 148 valence electrons. The van der Waals surface area contributed by atoms with E-state index in [0.717, 1.165) is 42.0 Å². The zero-order chi connectivity index (χ0) is 19.8. The van der Waals surface area contributed by atoms with E-state index in [1.54, 1.807) is 12.1 Å². The molecule has 1 aliphatic heterocycles. The molecule has 0 atom stereocenters. The molecule has 2 N–H and O–H groups in total. The van der Waals surface area contributed by atoms with Crippen molar-refractivity contribution in [3.63, 3.8) is 0 Å². The van der Waals surface area contributed by atoms with Gasteiger partial charge in [0.25, 0.3) is 5.91 Å². The first kappa shape index (κ1) is 20.8. The third-order valence-electron chi connectivity index (χ3n) is 4.52. The number of benzene rings is 2. The zero-order valence-electron chi connectivity index (χ0n) is 15.6. The highest BCUT2D eigenvalue weighted by Crippen LogP contribution is 2.11. The summed E-state index contributed by atoms with van der Waals surface area (Å²) in [5.41, 5.74) is 2.84. The van der Waals surface area contributed by atoms with Gasteiger partial charge in [0.1, 0.15) is 0 Å². The third kappa shape index (κ3) is 6.29. The molecule has 2 aromatic rings. The Morgan fingerprint density at radius 1 is 1.00 bits per heavy atom. The summed E-state index contributed by atoms with van der Waals surface area (Å²) in [6.07, 6.45) is 0. The predicted octanol–water partition coefficient (Wildman–Crippen LogP) is 2.17. The van der Waals surface area contributed by atoms with Gasteiger partial charge in [-0.25, -0.2) is 0 Å². The van der Waals surface area contributed by atoms with Gasteiger partial charge in [0.15, 0.2) is 0 Å². The molecule has 1 fully saturated rings. The van der Waals surface area contributed by atoms with Gasteiger partial charge in [-0.15, -0.1) is 0 Å². The minimum atomic E-state index is -0.243. The lowest BCUT2D eigenvalue weighted by Gasteiger charge is -2.26. The van der Waals surface area contributed by atoms with Gasteiger partial charge in [0.05, 0.1) is 25.3 Å². The van der Waals surface area contributed by atoms with E-state index < -0.39 is 0 Å². The molecule has 1 aliphatic rings.